The predicted molar refractivity (Wildman–Crippen MR) is 91.6 cm³/mol. The van der Waals surface area contributed by atoms with Crippen LogP contribution in [0, 0.1) is 0 Å². The topological polar surface area (TPSA) is 45.7 Å². The molecule has 0 N–H and O–H groups in total. The van der Waals surface area contributed by atoms with E-state index in [0.717, 1.165) is 36.9 Å². The number of amides is 1. The maximum Gasteiger partial charge on any atom is 0.251 e. The summed E-state index contributed by atoms with van der Waals surface area (Å²) in [4.78, 5) is 20.9. The molecule has 0 bridgehead atoms. The van der Waals surface area contributed by atoms with Gasteiger partial charge < -0.3 is 14.5 Å². The maximum atomic E-state index is 12.5. The Morgan fingerprint density at radius 3 is 2.65 bits per heavy atom. The molecule has 1 amide bonds. The van der Waals surface area contributed by atoms with Crippen LogP contribution in [0.2, 0.25) is 0 Å². The van der Waals surface area contributed by atoms with Crippen LogP contribution in [-0.2, 0) is 16.1 Å². The van der Waals surface area contributed by atoms with E-state index in [1.807, 2.05) is 53.7 Å². The zero-order chi connectivity index (χ0) is 16.1. The number of ether oxygens (including phenoxy) is 1. The lowest BCUT2D eigenvalue weighted by molar-refractivity contribution is -0.143. The first-order valence-electron chi connectivity index (χ1n) is 7.83. The van der Waals surface area contributed by atoms with Crippen LogP contribution < -0.4 is 4.90 Å². The molecule has 1 aliphatic rings. The maximum absolute atomic E-state index is 12.5. The number of aromatic nitrogens is 1. The molecule has 3 rings (SSSR count). The number of piperazine rings is 1. The van der Waals surface area contributed by atoms with Crippen molar-refractivity contribution in [2.45, 2.75) is 19.6 Å². The summed E-state index contributed by atoms with van der Waals surface area (Å²) in [5.74, 6) is 0.0692. The molecule has 1 fully saturated rings. The van der Waals surface area contributed by atoms with E-state index in [0.29, 0.717) is 6.61 Å². The van der Waals surface area contributed by atoms with Gasteiger partial charge in [-0.1, -0.05) is 30.3 Å². The number of hydrogen-bond acceptors (Lipinski definition) is 5. The molecule has 2 heterocycles. The van der Waals surface area contributed by atoms with Crippen LogP contribution in [-0.4, -0.2) is 48.1 Å². The van der Waals surface area contributed by atoms with E-state index in [9.17, 15) is 4.79 Å². The molecule has 0 aliphatic carbocycles. The zero-order valence-corrected chi connectivity index (χ0v) is 14.0. The third-order valence-electron chi connectivity index (χ3n) is 3.97. The number of hydrogen-bond donors (Lipinski definition) is 0. The van der Waals surface area contributed by atoms with Gasteiger partial charge in [0.15, 0.2) is 5.13 Å². The van der Waals surface area contributed by atoms with Crippen molar-refractivity contribution >= 4 is 22.4 Å². The molecule has 1 aromatic carbocycles. The van der Waals surface area contributed by atoms with Crippen LogP contribution in [0.1, 0.15) is 12.5 Å². The summed E-state index contributed by atoms with van der Waals surface area (Å²) in [6, 6.07) is 9.93. The lowest BCUT2D eigenvalue weighted by Gasteiger charge is -2.35. The van der Waals surface area contributed by atoms with E-state index in [-0.39, 0.29) is 5.91 Å². The highest BCUT2D eigenvalue weighted by Crippen LogP contribution is 2.19. The molecule has 1 saturated heterocycles. The first kappa shape index (κ1) is 16.0. The number of benzene rings is 1. The summed E-state index contributed by atoms with van der Waals surface area (Å²) in [6.07, 6.45) is 1.40. The van der Waals surface area contributed by atoms with E-state index >= 15 is 0 Å². The van der Waals surface area contributed by atoms with Crippen LogP contribution >= 0.6 is 11.3 Å². The van der Waals surface area contributed by atoms with Gasteiger partial charge in [0.1, 0.15) is 6.10 Å². The SMILES string of the molecule is C[C@@H](OCc1ccccc1)C(=O)N1CCN(c2nccs2)CC1. The van der Waals surface area contributed by atoms with Gasteiger partial charge in [0, 0.05) is 37.8 Å². The highest BCUT2D eigenvalue weighted by Gasteiger charge is 2.26. The molecule has 0 spiro atoms. The van der Waals surface area contributed by atoms with Crippen molar-refractivity contribution in [2.24, 2.45) is 0 Å². The molecule has 122 valence electrons. The average molecular weight is 331 g/mol. The van der Waals surface area contributed by atoms with Crippen molar-refractivity contribution in [1.82, 2.24) is 9.88 Å². The molecule has 0 unspecified atom stereocenters. The van der Waals surface area contributed by atoms with Crippen LogP contribution in [0.25, 0.3) is 0 Å². The minimum Gasteiger partial charge on any atom is -0.364 e. The number of rotatable bonds is 5. The average Bonchev–Trinajstić information content (AvgIpc) is 3.15. The van der Waals surface area contributed by atoms with Crippen LogP contribution in [0.4, 0.5) is 5.13 Å². The lowest BCUT2D eigenvalue weighted by Crippen LogP contribution is -2.51. The Kier molecular flexibility index (Phi) is 5.25. The van der Waals surface area contributed by atoms with Gasteiger partial charge >= 0.3 is 0 Å². The Morgan fingerprint density at radius 2 is 2.00 bits per heavy atom. The van der Waals surface area contributed by atoms with E-state index in [2.05, 4.69) is 9.88 Å². The van der Waals surface area contributed by atoms with Crippen molar-refractivity contribution < 1.29 is 9.53 Å². The van der Waals surface area contributed by atoms with Gasteiger partial charge in [-0.05, 0) is 12.5 Å². The second-order valence-electron chi connectivity index (χ2n) is 5.57. The molecule has 1 aromatic heterocycles. The zero-order valence-electron chi connectivity index (χ0n) is 13.2. The number of anilines is 1. The summed E-state index contributed by atoms with van der Waals surface area (Å²) in [5.41, 5.74) is 1.08. The highest BCUT2D eigenvalue weighted by molar-refractivity contribution is 7.13. The molecule has 2 aromatic rings. The van der Waals surface area contributed by atoms with Crippen molar-refractivity contribution in [3.05, 3.63) is 47.5 Å². The smallest absolute Gasteiger partial charge is 0.251 e. The fourth-order valence-corrected chi connectivity index (χ4v) is 3.31. The standard InChI is InChI=1S/C17H21N3O2S/c1-14(22-13-15-5-3-2-4-6-15)16(21)19-8-10-20(11-9-19)17-18-7-12-23-17/h2-7,12,14H,8-11,13H2,1H3/t14-/m1/s1. The highest BCUT2D eigenvalue weighted by atomic mass is 32.1. The summed E-state index contributed by atoms with van der Waals surface area (Å²) in [6.45, 7) is 5.38. The first-order chi connectivity index (χ1) is 11.2. The van der Waals surface area contributed by atoms with E-state index in [1.54, 1.807) is 11.3 Å². The Hall–Kier alpha value is -1.92. The van der Waals surface area contributed by atoms with Gasteiger partial charge in [-0.3, -0.25) is 4.79 Å². The third kappa shape index (κ3) is 4.09. The molecule has 1 atom stereocenters. The number of carbonyl (C=O) groups is 1. The number of thiazole rings is 1. The third-order valence-corrected chi connectivity index (χ3v) is 4.80. The van der Waals surface area contributed by atoms with Crippen LogP contribution in [0.3, 0.4) is 0 Å². The monoisotopic (exact) mass is 331 g/mol. The van der Waals surface area contributed by atoms with Gasteiger partial charge in [-0.25, -0.2) is 4.98 Å². The number of carbonyl (C=O) groups excluding carboxylic acids is 1. The second-order valence-corrected chi connectivity index (χ2v) is 6.44. The van der Waals surface area contributed by atoms with Crippen molar-refractivity contribution in [3.8, 4) is 0 Å². The molecule has 23 heavy (non-hydrogen) atoms. The Morgan fingerprint density at radius 1 is 1.26 bits per heavy atom. The lowest BCUT2D eigenvalue weighted by atomic mass is 10.2. The minimum absolute atomic E-state index is 0.0692. The fourth-order valence-electron chi connectivity index (χ4n) is 2.61. The van der Waals surface area contributed by atoms with Gasteiger partial charge in [0.25, 0.3) is 5.91 Å². The Labute approximate surface area is 140 Å². The van der Waals surface area contributed by atoms with Gasteiger partial charge in [0.05, 0.1) is 6.61 Å². The fraction of sp³-hybridized carbons (Fsp3) is 0.412. The molecule has 6 heteroatoms. The van der Waals surface area contributed by atoms with E-state index in [4.69, 9.17) is 4.74 Å². The second kappa shape index (κ2) is 7.57. The van der Waals surface area contributed by atoms with Gasteiger partial charge in [0.2, 0.25) is 0 Å². The summed E-state index contributed by atoms with van der Waals surface area (Å²) in [5, 5.41) is 3.01. The summed E-state index contributed by atoms with van der Waals surface area (Å²) < 4.78 is 5.73. The van der Waals surface area contributed by atoms with Crippen molar-refractivity contribution in [3.63, 3.8) is 0 Å². The van der Waals surface area contributed by atoms with E-state index in [1.165, 1.54) is 0 Å². The normalized spacial score (nSPS) is 16.4. The minimum atomic E-state index is -0.415. The van der Waals surface area contributed by atoms with Crippen LogP contribution in [0.15, 0.2) is 41.9 Å². The molecule has 5 nitrogen and oxygen atoms in total. The molecule has 0 radical (unpaired) electrons. The molecule has 1 aliphatic heterocycles. The Balaban J connectivity index is 1.47. The van der Waals surface area contributed by atoms with Gasteiger partial charge in [-0.15, -0.1) is 11.3 Å². The van der Waals surface area contributed by atoms with Crippen molar-refractivity contribution in [2.75, 3.05) is 31.1 Å². The summed E-state index contributed by atoms with van der Waals surface area (Å²) in [7, 11) is 0. The first-order valence-corrected chi connectivity index (χ1v) is 8.71. The molecular formula is C17H21N3O2S. The quantitative estimate of drug-likeness (QED) is 0.844. The Bertz CT molecular complexity index is 610. The summed E-state index contributed by atoms with van der Waals surface area (Å²) >= 11 is 1.64. The van der Waals surface area contributed by atoms with E-state index < -0.39 is 6.10 Å². The predicted octanol–water partition coefficient (Wildman–Crippen LogP) is 2.40. The van der Waals surface area contributed by atoms with Crippen molar-refractivity contribution in [1.29, 1.82) is 0 Å². The molecular weight excluding hydrogens is 310 g/mol. The van der Waals surface area contributed by atoms with Gasteiger partial charge in [-0.2, -0.15) is 0 Å². The van der Waals surface area contributed by atoms with Crippen LogP contribution in [0.5, 0.6) is 0 Å². The number of nitrogens with zero attached hydrogens (tertiary/aromatic N) is 3. The molecule has 0 saturated carbocycles. The largest absolute Gasteiger partial charge is 0.364 e.